The van der Waals surface area contributed by atoms with E-state index in [-0.39, 0.29) is 11.7 Å². The molecule has 21 heavy (non-hydrogen) atoms. The number of hydrogen-bond donors (Lipinski definition) is 1. The van der Waals surface area contributed by atoms with Crippen LogP contribution in [0.5, 0.6) is 0 Å². The highest BCUT2D eigenvalue weighted by Crippen LogP contribution is 2.18. The molecular formula is C17H25FN2O. The molecule has 1 aliphatic heterocycles. The smallest absolute Gasteiger partial charge is 0.234 e. The summed E-state index contributed by atoms with van der Waals surface area (Å²) in [7, 11) is 0. The lowest BCUT2D eigenvalue weighted by Gasteiger charge is -2.34. The number of amides is 1. The van der Waals surface area contributed by atoms with Crippen molar-refractivity contribution in [1.29, 1.82) is 0 Å². The third-order valence-corrected chi connectivity index (χ3v) is 4.22. The van der Waals surface area contributed by atoms with Crippen molar-refractivity contribution in [1.82, 2.24) is 10.2 Å². The first-order chi connectivity index (χ1) is 10.2. The van der Waals surface area contributed by atoms with E-state index in [9.17, 15) is 9.18 Å². The van der Waals surface area contributed by atoms with Crippen LogP contribution in [0.3, 0.4) is 0 Å². The minimum absolute atomic E-state index is 0.0949. The van der Waals surface area contributed by atoms with Crippen molar-refractivity contribution in [3.63, 3.8) is 0 Å². The van der Waals surface area contributed by atoms with Gasteiger partial charge < -0.3 is 5.32 Å². The van der Waals surface area contributed by atoms with Crippen LogP contribution in [0.4, 0.5) is 4.39 Å². The maximum atomic E-state index is 12.8. The molecule has 0 aliphatic carbocycles. The molecule has 2 rings (SSSR count). The van der Waals surface area contributed by atoms with E-state index in [1.165, 1.54) is 31.4 Å². The zero-order chi connectivity index (χ0) is 15.1. The predicted octanol–water partition coefficient (Wildman–Crippen LogP) is 2.75. The maximum Gasteiger partial charge on any atom is 0.234 e. The Balaban J connectivity index is 1.70. The fraction of sp³-hybridized carbons (Fsp3) is 0.588. The Labute approximate surface area is 126 Å². The fourth-order valence-electron chi connectivity index (χ4n) is 2.97. The Hall–Kier alpha value is -1.42. The molecule has 116 valence electrons. The SMILES string of the molecule is CCC1CCCCN1CC(=O)NCCc1ccc(F)cc1. The lowest BCUT2D eigenvalue weighted by atomic mass is 10.00. The number of hydrogen-bond acceptors (Lipinski definition) is 2. The van der Waals surface area contributed by atoms with Gasteiger partial charge in [0.25, 0.3) is 0 Å². The van der Waals surface area contributed by atoms with Gasteiger partial charge in [0.2, 0.25) is 5.91 Å². The molecule has 0 aromatic heterocycles. The van der Waals surface area contributed by atoms with E-state index in [1.807, 2.05) is 0 Å². The Kier molecular flexibility index (Phi) is 6.18. The molecule has 3 nitrogen and oxygen atoms in total. The molecule has 1 heterocycles. The number of halogens is 1. The highest BCUT2D eigenvalue weighted by atomic mass is 19.1. The Morgan fingerprint density at radius 1 is 1.33 bits per heavy atom. The molecule has 1 amide bonds. The molecule has 0 saturated carbocycles. The second-order valence-corrected chi connectivity index (χ2v) is 5.75. The number of carbonyl (C=O) groups is 1. The molecule has 1 saturated heterocycles. The van der Waals surface area contributed by atoms with Crippen LogP contribution in [0.2, 0.25) is 0 Å². The van der Waals surface area contributed by atoms with Crippen LogP contribution >= 0.6 is 0 Å². The largest absolute Gasteiger partial charge is 0.355 e. The Morgan fingerprint density at radius 3 is 2.81 bits per heavy atom. The van der Waals surface area contributed by atoms with Crippen molar-refractivity contribution < 1.29 is 9.18 Å². The number of likely N-dealkylation sites (tertiary alicyclic amines) is 1. The van der Waals surface area contributed by atoms with Gasteiger partial charge in [-0.2, -0.15) is 0 Å². The normalized spacial score (nSPS) is 19.4. The molecule has 1 fully saturated rings. The van der Waals surface area contributed by atoms with Gasteiger partial charge >= 0.3 is 0 Å². The van der Waals surface area contributed by atoms with Crippen LogP contribution in [0.15, 0.2) is 24.3 Å². The van der Waals surface area contributed by atoms with Crippen molar-refractivity contribution >= 4 is 5.91 Å². The second kappa shape index (κ2) is 8.13. The van der Waals surface area contributed by atoms with E-state index < -0.39 is 0 Å². The van der Waals surface area contributed by atoms with Crippen molar-refractivity contribution in [3.8, 4) is 0 Å². The second-order valence-electron chi connectivity index (χ2n) is 5.75. The minimum Gasteiger partial charge on any atom is -0.355 e. The van der Waals surface area contributed by atoms with E-state index in [0.717, 1.165) is 24.9 Å². The van der Waals surface area contributed by atoms with Gasteiger partial charge in [-0.3, -0.25) is 9.69 Å². The molecule has 1 aliphatic rings. The van der Waals surface area contributed by atoms with E-state index in [1.54, 1.807) is 12.1 Å². The van der Waals surface area contributed by atoms with E-state index in [2.05, 4.69) is 17.1 Å². The molecule has 1 aromatic carbocycles. The van der Waals surface area contributed by atoms with Crippen LogP contribution in [0, 0.1) is 5.82 Å². The Bertz CT molecular complexity index is 447. The van der Waals surface area contributed by atoms with Gasteiger partial charge in [0, 0.05) is 12.6 Å². The lowest BCUT2D eigenvalue weighted by molar-refractivity contribution is -0.123. The van der Waals surface area contributed by atoms with Crippen LogP contribution in [-0.2, 0) is 11.2 Å². The summed E-state index contributed by atoms with van der Waals surface area (Å²) in [5.74, 6) is -0.129. The van der Waals surface area contributed by atoms with Gasteiger partial charge in [-0.15, -0.1) is 0 Å². The quantitative estimate of drug-likeness (QED) is 0.874. The van der Waals surface area contributed by atoms with Crippen LogP contribution in [0.1, 0.15) is 38.2 Å². The molecule has 4 heteroatoms. The highest BCUT2D eigenvalue weighted by Gasteiger charge is 2.22. The first-order valence-electron chi connectivity index (χ1n) is 7.94. The van der Waals surface area contributed by atoms with Gasteiger partial charge in [0.05, 0.1) is 6.54 Å². The molecule has 0 spiro atoms. The Morgan fingerprint density at radius 2 is 2.10 bits per heavy atom. The standard InChI is InChI=1S/C17H25FN2O/c1-2-16-5-3-4-12-20(16)13-17(21)19-11-10-14-6-8-15(18)9-7-14/h6-9,16H,2-5,10-13H2,1H3,(H,19,21). The summed E-state index contributed by atoms with van der Waals surface area (Å²) < 4.78 is 12.8. The first-order valence-corrected chi connectivity index (χ1v) is 7.94. The monoisotopic (exact) mass is 292 g/mol. The zero-order valence-electron chi connectivity index (χ0n) is 12.8. The third kappa shape index (κ3) is 5.12. The highest BCUT2D eigenvalue weighted by molar-refractivity contribution is 5.78. The third-order valence-electron chi connectivity index (χ3n) is 4.22. The van der Waals surface area contributed by atoms with Crippen LogP contribution in [-0.4, -0.2) is 36.5 Å². The maximum absolute atomic E-state index is 12.8. The zero-order valence-corrected chi connectivity index (χ0v) is 12.8. The summed E-state index contributed by atoms with van der Waals surface area (Å²) in [5.41, 5.74) is 1.04. The van der Waals surface area contributed by atoms with Crippen molar-refractivity contribution in [2.75, 3.05) is 19.6 Å². The average Bonchev–Trinajstić information content (AvgIpc) is 2.50. The van der Waals surface area contributed by atoms with Crippen molar-refractivity contribution in [2.24, 2.45) is 0 Å². The molecule has 0 radical (unpaired) electrons. The van der Waals surface area contributed by atoms with Crippen molar-refractivity contribution in [2.45, 2.75) is 45.1 Å². The summed E-state index contributed by atoms with van der Waals surface area (Å²) in [4.78, 5) is 14.3. The predicted molar refractivity (Wildman–Crippen MR) is 82.6 cm³/mol. The summed E-state index contributed by atoms with van der Waals surface area (Å²) in [6.45, 7) is 4.33. The average molecular weight is 292 g/mol. The van der Waals surface area contributed by atoms with E-state index in [0.29, 0.717) is 19.1 Å². The molecule has 1 unspecified atom stereocenters. The van der Waals surface area contributed by atoms with Crippen molar-refractivity contribution in [3.05, 3.63) is 35.6 Å². The summed E-state index contributed by atoms with van der Waals surface area (Å²) >= 11 is 0. The topological polar surface area (TPSA) is 32.3 Å². The van der Waals surface area contributed by atoms with Gasteiger partial charge in [-0.25, -0.2) is 4.39 Å². The number of rotatable bonds is 6. The number of nitrogens with one attached hydrogen (secondary N) is 1. The lowest BCUT2D eigenvalue weighted by Crippen LogP contribution is -2.45. The fourth-order valence-corrected chi connectivity index (χ4v) is 2.97. The van der Waals surface area contributed by atoms with Crippen LogP contribution < -0.4 is 5.32 Å². The molecule has 1 N–H and O–H groups in total. The number of piperidine rings is 1. The van der Waals surface area contributed by atoms with E-state index >= 15 is 0 Å². The van der Waals surface area contributed by atoms with Gasteiger partial charge in [-0.1, -0.05) is 25.5 Å². The van der Waals surface area contributed by atoms with Gasteiger partial charge in [-0.05, 0) is 49.9 Å². The molecule has 1 atom stereocenters. The number of benzene rings is 1. The van der Waals surface area contributed by atoms with E-state index in [4.69, 9.17) is 0 Å². The molecule has 0 bridgehead atoms. The summed E-state index contributed by atoms with van der Waals surface area (Å²) in [6.07, 6.45) is 5.53. The van der Waals surface area contributed by atoms with Crippen LogP contribution in [0.25, 0.3) is 0 Å². The summed E-state index contributed by atoms with van der Waals surface area (Å²) in [6, 6.07) is 6.99. The van der Waals surface area contributed by atoms with Gasteiger partial charge in [0.15, 0.2) is 0 Å². The first kappa shape index (κ1) is 16.0. The number of carbonyl (C=O) groups excluding carboxylic acids is 1. The molecule has 1 aromatic rings. The number of nitrogens with zero attached hydrogens (tertiary/aromatic N) is 1. The summed E-state index contributed by atoms with van der Waals surface area (Å²) in [5, 5.41) is 2.96. The minimum atomic E-state index is -0.224. The van der Waals surface area contributed by atoms with Gasteiger partial charge in [0.1, 0.15) is 5.82 Å². The molecular weight excluding hydrogens is 267 g/mol.